The summed E-state index contributed by atoms with van der Waals surface area (Å²) in [7, 11) is 1.94. The lowest BCUT2D eigenvalue weighted by atomic mass is 10.1. The van der Waals surface area contributed by atoms with E-state index < -0.39 is 0 Å². The number of benzene rings is 1. The first-order chi connectivity index (χ1) is 12.0. The highest BCUT2D eigenvalue weighted by molar-refractivity contribution is 5.97. The number of hydrogen-bond acceptors (Lipinski definition) is 4. The fourth-order valence-electron chi connectivity index (χ4n) is 2.88. The molecule has 6 heteroatoms. The molecule has 0 saturated carbocycles. The van der Waals surface area contributed by atoms with Crippen LogP contribution in [0.4, 0.5) is 0 Å². The Morgan fingerprint density at radius 1 is 1.20 bits per heavy atom. The lowest BCUT2D eigenvalue weighted by molar-refractivity contribution is 0.0932. The summed E-state index contributed by atoms with van der Waals surface area (Å²) in [5, 5.41) is 3.10. The van der Waals surface area contributed by atoms with Gasteiger partial charge in [-0.1, -0.05) is 13.3 Å². The predicted molar refractivity (Wildman–Crippen MR) is 97.3 cm³/mol. The molecule has 2 heterocycles. The van der Waals surface area contributed by atoms with E-state index in [-0.39, 0.29) is 11.9 Å². The number of carbonyl (C=O) groups excluding carboxylic acids is 1. The maximum atomic E-state index is 12.7. The van der Waals surface area contributed by atoms with Crippen molar-refractivity contribution in [2.75, 3.05) is 0 Å². The van der Waals surface area contributed by atoms with Crippen LogP contribution in [0.2, 0.25) is 0 Å². The van der Waals surface area contributed by atoms with Crippen molar-refractivity contribution < 1.29 is 4.79 Å². The molecule has 0 radical (unpaired) electrons. The number of hydrogen-bond donors (Lipinski definition) is 1. The average molecular weight is 337 g/mol. The van der Waals surface area contributed by atoms with Gasteiger partial charge in [-0.3, -0.25) is 4.79 Å². The molecular formula is C19H23N5O. The second-order valence-corrected chi connectivity index (χ2v) is 6.31. The number of nitrogens with zero attached hydrogens (tertiary/aromatic N) is 4. The molecule has 25 heavy (non-hydrogen) atoms. The highest BCUT2D eigenvalue weighted by atomic mass is 16.1. The quantitative estimate of drug-likeness (QED) is 0.775. The van der Waals surface area contributed by atoms with E-state index in [4.69, 9.17) is 0 Å². The Morgan fingerprint density at radius 3 is 2.56 bits per heavy atom. The third-order valence-electron chi connectivity index (χ3n) is 4.39. The minimum absolute atomic E-state index is 0.112. The molecule has 0 aliphatic carbocycles. The van der Waals surface area contributed by atoms with Gasteiger partial charge < -0.3 is 9.88 Å². The zero-order valence-corrected chi connectivity index (χ0v) is 15.1. The van der Waals surface area contributed by atoms with Crippen LogP contribution in [0.15, 0.2) is 30.6 Å². The summed E-state index contributed by atoms with van der Waals surface area (Å²) in [4.78, 5) is 26.2. The van der Waals surface area contributed by atoms with Crippen LogP contribution in [-0.4, -0.2) is 25.4 Å². The Bertz CT molecular complexity index is 915. The molecule has 0 spiro atoms. The van der Waals surface area contributed by atoms with E-state index in [1.54, 1.807) is 18.3 Å². The SMILES string of the molecule is CCCC(NC(=O)c1ccc2nc(C)c(C)nc2c1)c1nccn1C. The van der Waals surface area contributed by atoms with Gasteiger partial charge in [0, 0.05) is 25.0 Å². The first kappa shape index (κ1) is 17.1. The summed E-state index contributed by atoms with van der Waals surface area (Å²) >= 11 is 0. The van der Waals surface area contributed by atoms with Crippen molar-refractivity contribution in [3.05, 3.63) is 53.4 Å². The van der Waals surface area contributed by atoms with Crippen molar-refractivity contribution in [1.82, 2.24) is 24.8 Å². The molecule has 1 atom stereocenters. The van der Waals surface area contributed by atoms with Crippen LogP contribution in [0.1, 0.15) is 53.4 Å². The van der Waals surface area contributed by atoms with Crippen molar-refractivity contribution in [3.63, 3.8) is 0 Å². The maximum absolute atomic E-state index is 12.7. The lowest BCUT2D eigenvalue weighted by Crippen LogP contribution is -2.30. The molecule has 3 aromatic rings. The summed E-state index contributed by atoms with van der Waals surface area (Å²) in [6, 6.07) is 5.33. The van der Waals surface area contributed by atoms with Gasteiger partial charge in [0.1, 0.15) is 5.82 Å². The van der Waals surface area contributed by atoms with Gasteiger partial charge in [-0.2, -0.15) is 0 Å². The molecule has 2 aromatic heterocycles. The summed E-state index contributed by atoms with van der Waals surface area (Å²) in [5.41, 5.74) is 3.90. The van der Waals surface area contributed by atoms with E-state index in [2.05, 4.69) is 27.2 Å². The number of amides is 1. The molecular weight excluding hydrogens is 314 g/mol. The number of rotatable bonds is 5. The van der Waals surface area contributed by atoms with Gasteiger partial charge in [-0.25, -0.2) is 15.0 Å². The third-order valence-corrected chi connectivity index (χ3v) is 4.39. The van der Waals surface area contributed by atoms with Crippen LogP contribution < -0.4 is 5.32 Å². The fraction of sp³-hybridized carbons (Fsp3) is 0.368. The van der Waals surface area contributed by atoms with Gasteiger partial charge in [-0.15, -0.1) is 0 Å². The normalized spacial score (nSPS) is 12.3. The number of imidazole rings is 1. The topological polar surface area (TPSA) is 72.7 Å². The molecule has 0 saturated heterocycles. The number of carbonyl (C=O) groups is 1. The van der Waals surface area contributed by atoms with Gasteiger partial charge >= 0.3 is 0 Å². The van der Waals surface area contributed by atoms with Gasteiger partial charge in [0.25, 0.3) is 5.91 Å². The number of aryl methyl sites for hydroxylation is 3. The van der Waals surface area contributed by atoms with Gasteiger partial charge in [0.2, 0.25) is 0 Å². The molecule has 0 aliphatic rings. The maximum Gasteiger partial charge on any atom is 0.251 e. The first-order valence-electron chi connectivity index (χ1n) is 8.52. The largest absolute Gasteiger partial charge is 0.342 e. The van der Waals surface area contributed by atoms with Crippen molar-refractivity contribution in [1.29, 1.82) is 0 Å². The van der Waals surface area contributed by atoms with Crippen LogP contribution in [0.25, 0.3) is 11.0 Å². The van der Waals surface area contributed by atoms with Crippen LogP contribution in [0.3, 0.4) is 0 Å². The van der Waals surface area contributed by atoms with Crippen molar-refractivity contribution in [3.8, 4) is 0 Å². The minimum atomic E-state index is -0.122. The second-order valence-electron chi connectivity index (χ2n) is 6.31. The van der Waals surface area contributed by atoms with E-state index in [1.807, 2.05) is 37.7 Å². The van der Waals surface area contributed by atoms with E-state index >= 15 is 0 Å². The molecule has 1 N–H and O–H groups in total. The van der Waals surface area contributed by atoms with Crippen molar-refractivity contribution in [2.24, 2.45) is 7.05 Å². The first-order valence-corrected chi connectivity index (χ1v) is 8.52. The zero-order valence-electron chi connectivity index (χ0n) is 15.1. The molecule has 0 bridgehead atoms. The predicted octanol–water partition coefficient (Wildman–Crippen LogP) is 3.25. The number of aromatic nitrogens is 4. The Hall–Kier alpha value is -2.76. The Labute approximate surface area is 147 Å². The van der Waals surface area contributed by atoms with E-state index in [1.165, 1.54) is 0 Å². The highest BCUT2D eigenvalue weighted by Gasteiger charge is 2.19. The van der Waals surface area contributed by atoms with Gasteiger partial charge in [-0.05, 0) is 38.5 Å². The summed E-state index contributed by atoms with van der Waals surface area (Å²) in [6.07, 6.45) is 5.43. The van der Waals surface area contributed by atoms with Crippen LogP contribution in [0, 0.1) is 13.8 Å². The van der Waals surface area contributed by atoms with Crippen molar-refractivity contribution in [2.45, 2.75) is 39.7 Å². The highest BCUT2D eigenvalue weighted by Crippen LogP contribution is 2.19. The Kier molecular flexibility index (Phi) is 4.79. The zero-order chi connectivity index (χ0) is 18.0. The molecule has 6 nitrogen and oxygen atoms in total. The molecule has 0 aliphatic heterocycles. The van der Waals surface area contributed by atoms with Gasteiger partial charge in [0.05, 0.1) is 28.5 Å². The molecule has 1 aromatic carbocycles. The molecule has 130 valence electrons. The monoisotopic (exact) mass is 337 g/mol. The molecule has 1 unspecified atom stereocenters. The third kappa shape index (κ3) is 3.52. The summed E-state index contributed by atoms with van der Waals surface area (Å²) in [6.45, 7) is 5.95. The number of nitrogens with one attached hydrogen (secondary N) is 1. The smallest absolute Gasteiger partial charge is 0.251 e. The summed E-state index contributed by atoms with van der Waals surface area (Å²) in [5.74, 6) is 0.741. The van der Waals surface area contributed by atoms with Crippen LogP contribution in [-0.2, 0) is 7.05 Å². The lowest BCUT2D eigenvalue weighted by Gasteiger charge is -2.18. The molecule has 3 rings (SSSR count). The summed E-state index contributed by atoms with van der Waals surface area (Å²) < 4.78 is 1.94. The van der Waals surface area contributed by atoms with E-state index in [9.17, 15) is 4.79 Å². The Balaban J connectivity index is 1.87. The molecule has 0 fully saturated rings. The molecule has 1 amide bonds. The number of fused-ring (bicyclic) bond motifs is 1. The van der Waals surface area contributed by atoms with Crippen LogP contribution in [0.5, 0.6) is 0 Å². The average Bonchev–Trinajstić information content (AvgIpc) is 3.01. The Morgan fingerprint density at radius 2 is 1.92 bits per heavy atom. The second kappa shape index (κ2) is 7.01. The fourth-order valence-corrected chi connectivity index (χ4v) is 2.88. The van der Waals surface area contributed by atoms with E-state index in [0.717, 1.165) is 41.1 Å². The van der Waals surface area contributed by atoms with Crippen molar-refractivity contribution >= 4 is 16.9 Å². The standard InChI is InChI=1S/C19H23N5O/c1-5-6-16(18-20-9-10-24(18)4)23-19(25)14-7-8-15-17(11-14)22-13(3)12(2)21-15/h7-11,16H,5-6H2,1-4H3,(H,23,25). The van der Waals surface area contributed by atoms with Crippen LogP contribution >= 0.6 is 0 Å². The van der Waals surface area contributed by atoms with Gasteiger partial charge in [0.15, 0.2) is 0 Å². The van der Waals surface area contributed by atoms with E-state index in [0.29, 0.717) is 5.56 Å². The minimum Gasteiger partial charge on any atom is -0.342 e.